The van der Waals surface area contributed by atoms with E-state index >= 15 is 0 Å². The molecule has 1 aromatic carbocycles. The van der Waals surface area contributed by atoms with Gasteiger partial charge >= 0.3 is 5.97 Å². The SMILES string of the molecule is C=C(/C=C\C)Cn1c(C)cc2cc(C(=O)OC)ccc21. The summed E-state index contributed by atoms with van der Waals surface area (Å²) < 4.78 is 6.94. The zero-order chi connectivity index (χ0) is 14.7. The number of aromatic nitrogens is 1. The number of benzene rings is 1. The maximum atomic E-state index is 11.6. The molecule has 0 spiro atoms. The molecule has 0 saturated heterocycles. The van der Waals surface area contributed by atoms with Crippen molar-refractivity contribution in [2.24, 2.45) is 0 Å². The van der Waals surface area contributed by atoms with Crippen LogP contribution in [0.1, 0.15) is 23.0 Å². The summed E-state index contributed by atoms with van der Waals surface area (Å²) >= 11 is 0. The van der Waals surface area contributed by atoms with E-state index in [1.807, 2.05) is 31.2 Å². The van der Waals surface area contributed by atoms with Crippen molar-refractivity contribution in [1.82, 2.24) is 4.57 Å². The Morgan fingerprint density at radius 3 is 2.80 bits per heavy atom. The molecular weight excluding hydrogens is 250 g/mol. The van der Waals surface area contributed by atoms with Crippen molar-refractivity contribution in [3.8, 4) is 0 Å². The second kappa shape index (κ2) is 5.78. The first kappa shape index (κ1) is 14.1. The first-order valence-electron chi connectivity index (χ1n) is 6.55. The van der Waals surface area contributed by atoms with Gasteiger partial charge in [-0.3, -0.25) is 0 Å². The molecule has 1 heterocycles. The molecule has 104 valence electrons. The topological polar surface area (TPSA) is 31.2 Å². The Morgan fingerprint density at radius 2 is 2.15 bits per heavy atom. The predicted molar refractivity (Wildman–Crippen MR) is 82.0 cm³/mol. The molecule has 0 radical (unpaired) electrons. The van der Waals surface area contributed by atoms with Gasteiger partial charge in [0.2, 0.25) is 0 Å². The van der Waals surface area contributed by atoms with Gasteiger partial charge in [-0.1, -0.05) is 18.7 Å². The second-order valence-electron chi connectivity index (χ2n) is 4.80. The van der Waals surface area contributed by atoms with Crippen molar-refractivity contribution in [2.75, 3.05) is 7.11 Å². The molecule has 0 aliphatic heterocycles. The average Bonchev–Trinajstić information content (AvgIpc) is 2.73. The standard InChI is InChI=1S/C17H19NO2/c1-5-6-12(2)11-18-13(3)9-15-10-14(17(19)20-4)7-8-16(15)18/h5-10H,2,11H2,1,3-4H3/b6-5-. The summed E-state index contributed by atoms with van der Waals surface area (Å²) in [7, 11) is 1.39. The number of esters is 1. The molecule has 3 nitrogen and oxygen atoms in total. The highest BCUT2D eigenvalue weighted by molar-refractivity contribution is 5.95. The molecule has 20 heavy (non-hydrogen) atoms. The van der Waals surface area contributed by atoms with Gasteiger partial charge in [0.1, 0.15) is 0 Å². The van der Waals surface area contributed by atoms with Crippen LogP contribution in [0.3, 0.4) is 0 Å². The Labute approximate surface area is 119 Å². The van der Waals surface area contributed by atoms with Crippen LogP contribution >= 0.6 is 0 Å². The first-order chi connectivity index (χ1) is 9.56. The normalized spacial score (nSPS) is 11.2. The summed E-state index contributed by atoms with van der Waals surface area (Å²) in [5, 5.41) is 1.04. The molecule has 1 aromatic heterocycles. The van der Waals surface area contributed by atoms with E-state index in [2.05, 4.69) is 24.1 Å². The van der Waals surface area contributed by atoms with Crippen molar-refractivity contribution in [3.05, 3.63) is 59.8 Å². The highest BCUT2D eigenvalue weighted by Crippen LogP contribution is 2.22. The molecule has 0 saturated carbocycles. The predicted octanol–water partition coefficient (Wildman–Crippen LogP) is 3.87. The zero-order valence-corrected chi connectivity index (χ0v) is 12.1. The third-order valence-electron chi connectivity index (χ3n) is 3.29. The van der Waals surface area contributed by atoms with E-state index in [-0.39, 0.29) is 5.97 Å². The lowest BCUT2D eigenvalue weighted by Crippen LogP contribution is -2.02. The number of hydrogen-bond acceptors (Lipinski definition) is 2. The van der Waals surface area contributed by atoms with Gasteiger partial charge in [0, 0.05) is 23.1 Å². The van der Waals surface area contributed by atoms with Crippen molar-refractivity contribution < 1.29 is 9.53 Å². The number of fused-ring (bicyclic) bond motifs is 1. The molecule has 0 aliphatic carbocycles. The maximum absolute atomic E-state index is 11.6. The second-order valence-corrected chi connectivity index (χ2v) is 4.80. The molecule has 0 N–H and O–H groups in total. The van der Waals surface area contributed by atoms with Crippen LogP contribution in [0.4, 0.5) is 0 Å². The molecule has 3 heteroatoms. The first-order valence-corrected chi connectivity index (χ1v) is 6.55. The van der Waals surface area contributed by atoms with E-state index in [9.17, 15) is 4.79 Å². The Balaban J connectivity index is 2.44. The minimum Gasteiger partial charge on any atom is -0.465 e. The molecule has 0 aliphatic rings. The minimum absolute atomic E-state index is 0.310. The number of hydrogen-bond donors (Lipinski definition) is 0. The van der Waals surface area contributed by atoms with E-state index in [0.29, 0.717) is 5.56 Å². The van der Waals surface area contributed by atoms with Crippen LogP contribution < -0.4 is 0 Å². The largest absolute Gasteiger partial charge is 0.465 e. The van der Waals surface area contributed by atoms with Crippen LogP contribution in [0, 0.1) is 6.92 Å². The molecule has 0 fully saturated rings. The third kappa shape index (κ3) is 2.67. The summed E-state index contributed by atoms with van der Waals surface area (Å²) in [6, 6.07) is 7.69. The summed E-state index contributed by atoms with van der Waals surface area (Å²) in [4.78, 5) is 11.6. The smallest absolute Gasteiger partial charge is 0.337 e. The Morgan fingerprint density at radius 1 is 1.40 bits per heavy atom. The van der Waals surface area contributed by atoms with Gasteiger partial charge in [0.15, 0.2) is 0 Å². The minimum atomic E-state index is -0.310. The number of allylic oxidation sites excluding steroid dienone is 3. The number of carbonyl (C=O) groups excluding carboxylic acids is 1. The number of ether oxygens (including phenoxy) is 1. The van der Waals surface area contributed by atoms with Gasteiger partial charge in [-0.25, -0.2) is 4.79 Å². The lowest BCUT2D eigenvalue weighted by Gasteiger charge is -2.08. The number of methoxy groups -OCH3 is 1. The maximum Gasteiger partial charge on any atom is 0.337 e. The quantitative estimate of drug-likeness (QED) is 0.623. The van der Waals surface area contributed by atoms with E-state index in [4.69, 9.17) is 4.74 Å². The van der Waals surface area contributed by atoms with Gasteiger partial charge in [-0.05, 0) is 43.7 Å². The Hall–Kier alpha value is -2.29. The van der Waals surface area contributed by atoms with E-state index in [1.165, 1.54) is 7.11 Å². The Kier molecular flexibility index (Phi) is 4.08. The van der Waals surface area contributed by atoms with Crippen LogP contribution in [0.15, 0.2) is 48.6 Å². The number of rotatable bonds is 4. The average molecular weight is 269 g/mol. The van der Waals surface area contributed by atoms with Gasteiger partial charge < -0.3 is 9.30 Å². The van der Waals surface area contributed by atoms with E-state index in [1.54, 1.807) is 6.07 Å². The monoisotopic (exact) mass is 269 g/mol. The summed E-state index contributed by atoms with van der Waals surface area (Å²) in [5.41, 5.74) is 3.86. The van der Waals surface area contributed by atoms with Crippen molar-refractivity contribution >= 4 is 16.9 Å². The van der Waals surface area contributed by atoms with Crippen LogP contribution in [-0.2, 0) is 11.3 Å². The number of aryl methyl sites for hydroxylation is 1. The van der Waals surface area contributed by atoms with Crippen molar-refractivity contribution in [3.63, 3.8) is 0 Å². The van der Waals surface area contributed by atoms with Crippen LogP contribution in [0.25, 0.3) is 10.9 Å². The highest BCUT2D eigenvalue weighted by atomic mass is 16.5. The lowest BCUT2D eigenvalue weighted by atomic mass is 10.1. The number of carbonyl (C=O) groups is 1. The fourth-order valence-electron chi connectivity index (χ4n) is 2.36. The molecule has 0 amide bonds. The molecule has 0 atom stereocenters. The molecule has 2 aromatic rings. The van der Waals surface area contributed by atoms with Gasteiger partial charge in [0.25, 0.3) is 0 Å². The van der Waals surface area contributed by atoms with Gasteiger partial charge in [0.05, 0.1) is 12.7 Å². The van der Waals surface area contributed by atoms with Crippen molar-refractivity contribution in [2.45, 2.75) is 20.4 Å². The molecule has 0 unspecified atom stereocenters. The fourth-order valence-corrected chi connectivity index (χ4v) is 2.36. The fraction of sp³-hybridized carbons (Fsp3) is 0.235. The lowest BCUT2D eigenvalue weighted by molar-refractivity contribution is 0.0601. The summed E-state index contributed by atoms with van der Waals surface area (Å²) in [6.45, 7) is 8.83. The van der Waals surface area contributed by atoms with E-state index < -0.39 is 0 Å². The van der Waals surface area contributed by atoms with Crippen LogP contribution in [-0.4, -0.2) is 17.6 Å². The summed E-state index contributed by atoms with van der Waals surface area (Å²) in [5.74, 6) is -0.310. The Bertz CT molecular complexity index is 692. The van der Waals surface area contributed by atoms with Gasteiger partial charge in [-0.2, -0.15) is 0 Å². The molecule has 0 bridgehead atoms. The third-order valence-corrected chi connectivity index (χ3v) is 3.29. The van der Waals surface area contributed by atoms with Crippen molar-refractivity contribution in [1.29, 1.82) is 0 Å². The highest BCUT2D eigenvalue weighted by Gasteiger charge is 2.10. The number of nitrogens with zero attached hydrogens (tertiary/aromatic N) is 1. The zero-order valence-electron chi connectivity index (χ0n) is 12.1. The molecule has 2 rings (SSSR count). The van der Waals surface area contributed by atoms with Crippen LogP contribution in [0.2, 0.25) is 0 Å². The summed E-state index contributed by atoms with van der Waals surface area (Å²) in [6.07, 6.45) is 3.99. The van der Waals surface area contributed by atoms with Crippen LogP contribution in [0.5, 0.6) is 0 Å². The van der Waals surface area contributed by atoms with E-state index in [0.717, 1.165) is 28.7 Å². The van der Waals surface area contributed by atoms with Gasteiger partial charge in [-0.15, -0.1) is 0 Å². The molecular formula is C17H19NO2.